The van der Waals surface area contributed by atoms with Crippen molar-refractivity contribution >= 4 is 5.69 Å². The lowest BCUT2D eigenvalue weighted by Crippen LogP contribution is -2.09. The molecule has 2 aromatic rings. The molecule has 0 saturated carbocycles. The number of aliphatic hydroxyl groups excluding tert-OH is 1. The van der Waals surface area contributed by atoms with Crippen LogP contribution in [-0.4, -0.2) is 10.2 Å². The van der Waals surface area contributed by atoms with Crippen LogP contribution in [0.2, 0.25) is 0 Å². The van der Waals surface area contributed by atoms with Gasteiger partial charge in [0.1, 0.15) is 5.75 Å². The molecule has 0 aliphatic heterocycles. The third-order valence-electron chi connectivity index (χ3n) is 2.29. The molecule has 0 radical (unpaired) electrons. The summed E-state index contributed by atoms with van der Waals surface area (Å²) in [6, 6.07) is 15.9. The Morgan fingerprint density at radius 2 is 1.50 bits per heavy atom. The number of anilines is 1. The van der Waals surface area contributed by atoms with Crippen molar-refractivity contribution in [2.45, 2.75) is 6.23 Å². The molecule has 0 amide bonds. The van der Waals surface area contributed by atoms with Crippen molar-refractivity contribution in [3.63, 3.8) is 0 Å². The Balaban J connectivity index is 2.08. The van der Waals surface area contributed by atoms with Crippen molar-refractivity contribution < 1.29 is 10.2 Å². The SMILES string of the molecule is Oc1ccc(NC(O)c2ccccc2)cc1. The highest BCUT2D eigenvalue weighted by atomic mass is 16.3. The fraction of sp³-hybridized carbons (Fsp3) is 0.0769. The van der Waals surface area contributed by atoms with Gasteiger partial charge in [-0.15, -0.1) is 0 Å². The van der Waals surface area contributed by atoms with E-state index in [0.717, 1.165) is 11.3 Å². The molecule has 1 unspecified atom stereocenters. The van der Waals surface area contributed by atoms with E-state index in [1.165, 1.54) is 0 Å². The van der Waals surface area contributed by atoms with E-state index >= 15 is 0 Å². The minimum Gasteiger partial charge on any atom is -0.508 e. The van der Waals surface area contributed by atoms with Crippen LogP contribution in [0.4, 0.5) is 5.69 Å². The Morgan fingerprint density at radius 1 is 0.875 bits per heavy atom. The van der Waals surface area contributed by atoms with Gasteiger partial charge in [0.05, 0.1) is 0 Å². The number of aromatic hydroxyl groups is 1. The van der Waals surface area contributed by atoms with Crippen molar-refractivity contribution in [2.75, 3.05) is 5.32 Å². The zero-order chi connectivity index (χ0) is 11.4. The number of phenols is 1. The highest BCUT2D eigenvalue weighted by Gasteiger charge is 2.05. The molecule has 3 N–H and O–H groups in total. The summed E-state index contributed by atoms with van der Waals surface area (Å²) < 4.78 is 0. The monoisotopic (exact) mass is 215 g/mol. The average molecular weight is 215 g/mol. The summed E-state index contributed by atoms with van der Waals surface area (Å²) in [4.78, 5) is 0. The van der Waals surface area contributed by atoms with Crippen LogP contribution in [0.3, 0.4) is 0 Å². The summed E-state index contributed by atoms with van der Waals surface area (Å²) in [6.07, 6.45) is -0.745. The maximum absolute atomic E-state index is 9.87. The van der Waals surface area contributed by atoms with E-state index in [1.807, 2.05) is 30.3 Å². The van der Waals surface area contributed by atoms with E-state index in [2.05, 4.69) is 5.32 Å². The normalized spacial score (nSPS) is 12.1. The van der Waals surface area contributed by atoms with Gasteiger partial charge in [0.25, 0.3) is 0 Å². The predicted octanol–water partition coefficient (Wildman–Crippen LogP) is 2.50. The minimum absolute atomic E-state index is 0.208. The van der Waals surface area contributed by atoms with Gasteiger partial charge >= 0.3 is 0 Å². The molecule has 0 aromatic heterocycles. The van der Waals surface area contributed by atoms with Gasteiger partial charge in [0.2, 0.25) is 0 Å². The van der Waals surface area contributed by atoms with Gasteiger partial charge in [-0.3, -0.25) is 0 Å². The Labute approximate surface area is 94.0 Å². The van der Waals surface area contributed by atoms with Gasteiger partial charge in [-0.05, 0) is 24.3 Å². The van der Waals surface area contributed by atoms with Crippen LogP contribution in [0.1, 0.15) is 11.8 Å². The smallest absolute Gasteiger partial charge is 0.150 e. The van der Waals surface area contributed by atoms with E-state index in [4.69, 9.17) is 5.11 Å². The zero-order valence-corrected chi connectivity index (χ0v) is 8.67. The first-order valence-electron chi connectivity index (χ1n) is 5.04. The fourth-order valence-electron chi connectivity index (χ4n) is 1.43. The minimum atomic E-state index is -0.745. The fourth-order valence-corrected chi connectivity index (χ4v) is 1.43. The molecule has 0 aliphatic carbocycles. The Morgan fingerprint density at radius 3 is 2.12 bits per heavy atom. The molecule has 82 valence electrons. The topological polar surface area (TPSA) is 52.5 Å². The van der Waals surface area contributed by atoms with Gasteiger partial charge in [0, 0.05) is 11.3 Å². The molecule has 2 aromatic carbocycles. The zero-order valence-electron chi connectivity index (χ0n) is 8.67. The van der Waals surface area contributed by atoms with Crippen molar-refractivity contribution in [3.8, 4) is 5.75 Å². The molecule has 3 heteroatoms. The molecular weight excluding hydrogens is 202 g/mol. The van der Waals surface area contributed by atoms with Crippen molar-refractivity contribution in [1.82, 2.24) is 0 Å². The quantitative estimate of drug-likeness (QED) is 0.544. The maximum atomic E-state index is 9.87. The highest BCUT2D eigenvalue weighted by molar-refractivity contribution is 5.47. The first-order valence-corrected chi connectivity index (χ1v) is 5.04. The van der Waals surface area contributed by atoms with E-state index < -0.39 is 6.23 Å². The Bertz CT molecular complexity index is 439. The van der Waals surface area contributed by atoms with Crippen molar-refractivity contribution in [2.24, 2.45) is 0 Å². The number of nitrogens with one attached hydrogen (secondary N) is 1. The lowest BCUT2D eigenvalue weighted by molar-refractivity contribution is 0.208. The summed E-state index contributed by atoms with van der Waals surface area (Å²) in [5.74, 6) is 0.208. The van der Waals surface area contributed by atoms with Gasteiger partial charge in [-0.1, -0.05) is 30.3 Å². The predicted molar refractivity (Wildman–Crippen MR) is 63.1 cm³/mol. The van der Waals surface area contributed by atoms with E-state index in [9.17, 15) is 5.11 Å². The van der Waals surface area contributed by atoms with Crippen molar-refractivity contribution in [1.29, 1.82) is 0 Å². The third-order valence-corrected chi connectivity index (χ3v) is 2.29. The summed E-state index contributed by atoms with van der Waals surface area (Å²) in [7, 11) is 0. The Hall–Kier alpha value is -2.00. The maximum Gasteiger partial charge on any atom is 0.150 e. The first kappa shape index (κ1) is 10.5. The van der Waals surface area contributed by atoms with Crippen LogP contribution in [0.15, 0.2) is 54.6 Å². The molecule has 1 atom stereocenters. The van der Waals surface area contributed by atoms with Gasteiger partial charge < -0.3 is 15.5 Å². The lowest BCUT2D eigenvalue weighted by Gasteiger charge is -2.14. The molecule has 2 rings (SSSR count). The second-order valence-corrected chi connectivity index (χ2v) is 3.50. The number of aliphatic hydroxyl groups is 1. The summed E-state index contributed by atoms with van der Waals surface area (Å²) >= 11 is 0. The molecule has 0 spiro atoms. The van der Waals surface area contributed by atoms with E-state index in [0.29, 0.717) is 0 Å². The molecule has 3 nitrogen and oxygen atoms in total. The van der Waals surface area contributed by atoms with Crippen LogP contribution in [-0.2, 0) is 0 Å². The number of benzene rings is 2. The molecule has 0 bridgehead atoms. The van der Waals surface area contributed by atoms with Crippen LogP contribution < -0.4 is 5.32 Å². The molecule has 0 heterocycles. The van der Waals surface area contributed by atoms with Gasteiger partial charge in [-0.2, -0.15) is 0 Å². The second kappa shape index (κ2) is 4.68. The molecule has 0 fully saturated rings. The van der Waals surface area contributed by atoms with Crippen molar-refractivity contribution in [3.05, 3.63) is 60.2 Å². The molecule has 0 aliphatic rings. The summed E-state index contributed by atoms with van der Waals surface area (Å²) in [6.45, 7) is 0. The van der Waals surface area contributed by atoms with E-state index in [-0.39, 0.29) is 5.75 Å². The van der Waals surface area contributed by atoms with Crippen LogP contribution in [0, 0.1) is 0 Å². The number of hydrogen-bond donors (Lipinski definition) is 3. The average Bonchev–Trinajstić information content (AvgIpc) is 2.33. The largest absolute Gasteiger partial charge is 0.508 e. The number of hydrogen-bond acceptors (Lipinski definition) is 3. The van der Waals surface area contributed by atoms with Gasteiger partial charge in [0.15, 0.2) is 6.23 Å². The summed E-state index contributed by atoms with van der Waals surface area (Å²) in [5.41, 5.74) is 1.56. The molecular formula is C13H13NO2. The number of phenolic OH excluding ortho intramolecular Hbond substituents is 1. The summed E-state index contributed by atoms with van der Waals surface area (Å²) in [5, 5.41) is 21.9. The number of rotatable bonds is 3. The van der Waals surface area contributed by atoms with Crippen LogP contribution in [0.25, 0.3) is 0 Å². The van der Waals surface area contributed by atoms with Crippen LogP contribution >= 0.6 is 0 Å². The highest BCUT2D eigenvalue weighted by Crippen LogP contribution is 2.19. The second-order valence-electron chi connectivity index (χ2n) is 3.50. The first-order chi connectivity index (χ1) is 7.75. The van der Waals surface area contributed by atoms with Crippen LogP contribution in [0.5, 0.6) is 5.75 Å². The third kappa shape index (κ3) is 2.52. The Kier molecular flexibility index (Phi) is 3.08. The lowest BCUT2D eigenvalue weighted by atomic mass is 10.2. The van der Waals surface area contributed by atoms with E-state index in [1.54, 1.807) is 24.3 Å². The molecule has 0 saturated heterocycles. The van der Waals surface area contributed by atoms with Gasteiger partial charge in [-0.25, -0.2) is 0 Å². The molecule has 16 heavy (non-hydrogen) atoms. The standard InChI is InChI=1S/C13H13NO2/c15-12-8-6-11(7-9-12)14-13(16)10-4-2-1-3-5-10/h1-9,13-16H.